The van der Waals surface area contributed by atoms with E-state index in [0.717, 1.165) is 57.5 Å². The lowest BCUT2D eigenvalue weighted by Crippen LogP contribution is -2.43. The number of amides is 1. The Labute approximate surface area is 184 Å². The number of nitrogens with zero attached hydrogens (tertiary/aromatic N) is 2. The number of sulfone groups is 1. The van der Waals surface area contributed by atoms with Crippen molar-refractivity contribution in [1.29, 1.82) is 0 Å². The molecule has 0 atom stereocenters. The number of likely N-dealkylation sites (tertiary alicyclic amines) is 1. The Morgan fingerprint density at radius 1 is 0.839 bits per heavy atom. The molecular formula is C24H30N2O4S. The summed E-state index contributed by atoms with van der Waals surface area (Å²) in [4.78, 5) is 16.9. The Morgan fingerprint density at radius 3 is 1.94 bits per heavy atom. The molecule has 31 heavy (non-hydrogen) atoms. The molecule has 2 aromatic rings. The van der Waals surface area contributed by atoms with E-state index in [0.29, 0.717) is 22.5 Å². The van der Waals surface area contributed by atoms with Crippen molar-refractivity contribution in [1.82, 2.24) is 4.90 Å². The molecule has 2 heterocycles. The summed E-state index contributed by atoms with van der Waals surface area (Å²) >= 11 is 0. The Bertz CT molecular complexity index is 976. The Kier molecular flexibility index (Phi) is 6.51. The third kappa shape index (κ3) is 5.39. The maximum Gasteiger partial charge on any atom is 0.415 e. The molecule has 0 aliphatic carbocycles. The van der Waals surface area contributed by atoms with Crippen LogP contribution in [0, 0.1) is 11.8 Å². The molecular weight excluding hydrogens is 412 g/mol. The highest BCUT2D eigenvalue weighted by molar-refractivity contribution is 7.90. The number of hydrogen-bond acceptors (Lipinski definition) is 5. The first-order chi connectivity index (χ1) is 14.9. The molecule has 166 valence electrons. The van der Waals surface area contributed by atoms with Crippen LogP contribution < -0.4 is 9.64 Å². The Morgan fingerprint density at radius 2 is 1.39 bits per heavy atom. The summed E-state index contributed by atoms with van der Waals surface area (Å²) in [7, 11) is -3.16. The maximum atomic E-state index is 12.4. The van der Waals surface area contributed by atoms with Crippen molar-refractivity contribution in [2.24, 2.45) is 11.8 Å². The van der Waals surface area contributed by atoms with Crippen LogP contribution in [0.4, 0.5) is 10.5 Å². The molecule has 2 aliphatic rings. The average molecular weight is 443 g/mol. The lowest BCUT2D eigenvalue weighted by atomic mass is 9.79. The van der Waals surface area contributed by atoms with Crippen LogP contribution in [0.5, 0.6) is 5.75 Å². The molecule has 2 fully saturated rings. The molecule has 1 amide bonds. The van der Waals surface area contributed by atoms with Crippen LogP contribution in [0.2, 0.25) is 0 Å². The first-order valence-corrected chi connectivity index (χ1v) is 12.9. The van der Waals surface area contributed by atoms with Crippen molar-refractivity contribution in [3.63, 3.8) is 0 Å². The highest BCUT2D eigenvalue weighted by Crippen LogP contribution is 2.34. The lowest BCUT2D eigenvalue weighted by molar-refractivity contribution is 0.112. The van der Waals surface area contributed by atoms with E-state index in [2.05, 4.69) is 4.90 Å². The molecule has 0 spiro atoms. The monoisotopic (exact) mass is 442 g/mol. The van der Waals surface area contributed by atoms with Gasteiger partial charge in [0.05, 0.1) is 4.90 Å². The number of benzene rings is 2. The minimum absolute atomic E-state index is 0.253. The summed E-state index contributed by atoms with van der Waals surface area (Å²) in [6, 6.07) is 16.4. The van der Waals surface area contributed by atoms with Gasteiger partial charge in [-0.15, -0.1) is 0 Å². The van der Waals surface area contributed by atoms with Gasteiger partial charge in [-0.2, -0.15) is 0 Å². The summed E-state index contributed by atoms with van der Waals surface area (Å²) in [6.45, 7) is 3.48. The number of anilines is 1. The molecule has 4 rings (SSSR count). The van der Waals surface area contributed by atoms with Crippen LogP contribution in [0.1, 0.15) is 25.7 Å². The smallest absolute Gasteiger partial charge is 0.410 e. The van der Waals surface area contributed by atoms with E-state index in [1.165, 1.54) is 6.26 Å². The molecule has 2 aliphatic heterocycles. The van der Waals surface area contributed by atoms with Gasteiger partial charge in [-0.25, -0.2) is 13.2 Å². The summed E-state index contributed by atoms with van der Waals surface area (Å²) in [5.41, 5.74) is 1.09. The van der Waals surface area contributed by atoms with Gasteiger partial charge in [0.1, 0.15) is 5.75 Å². The van der Waals surface area contributed by atoms with Crippen molar-refractivity contribution in [3.8, 4) is 5.75 Å². The Balaban J connectivity index is 1.24. The molecule has 0 unspecified atom stereocenters. The molecule has 2 aromatic carbocycles. The van der Waals surface area contributed by atoms with Crippen LogP contribution in [-0.2, 0) is 9.84 Å². The highest BCUT2D eigenvalue weighted by Gasteiger charge is 2.31. The number of carbonyl (C=O) groups excluding carboxylic acids is 1. The van der Waals surface area contributed by atoms with E-state index in [9.17, 15) is 13.2 Å². The van der Waals surface area contributed by atoms with Gasteiger partial charge in [0.2, 0.25) is 0 Å². The molecule has 0 saturated carbocycles. The predicted octanol–water partition coefficient (Wildman–Crippen LogP) is 4.22. The van der Waals surface area contributed by atoms with E-state index in [4.69, 9.17) is 4.74 Å². The largest absolute Gasteiger partial charge is 0.415 e. The maximum absolute atomic E-state index is 12.4. The quantitative estimate of drug-likeness (QED) is 0.709. The summed E-state index contributed by atoms with van der Waals surface area (Å²) in [6.07, 6.45) is 5.30. The SMILES string of the molecule is CS(=O)(=O)c1ccc(N2CCC(C3CCN(C(=O)Oc4ccccc4)CC3)CC2)cc1. The van der Waals surface area contributed by atoms with Crippen LogP contribution in [0.3, 0.4) is 0 Å². The van der Waals surface area contributed by atoms with Crippen molar-refractivity contribution in [2.75, 3.05) is 37.3 Å². The minimum atomic E-state index is -3.16. The number of piperidine rings is 2. The fourth-order valence-corrected chi connectivity index (χ4v) is 5.37. The topological polar surface area (TPSA) is 66.9 Å². The fourth-order valence-electron chi connectivity index (χ4n) is 4.74. The number of carbonyl (C=O) groups is 1. The fraction of sp³-hybridized carbons (Fsp3) is 0.458. The van der Waals surface area contributed by atoms with Crippen LogP contribution >= 0.6 is 0 Å². The standard InChI is InChI=1S/C24H30N2O4S/c1-31(28,29)23-9-7-21(8-10-23)25-15-11-19(12-16-25)20-13-17-26(18-14-20)24(27)30-22-5-3-2-4-6-22/h2-10,19-20H,11-18H2,1H3. The molecule has 2 saturated heterocycles. The highest BCUT2D eigenvalue weighted by atomic mass is 32.2. The first-order valence-electron chi connectivity index (χ1n) is 11.0. The number of ether oxygens (including phenoxy) is 1. The van der Waals surface area contributed by atoms with Gasteiger partial charge in [0.25, 0.3) is 0 Å². The molecule has 7 heteroatoms. The second-order valence-electron chi connectivity index (χ2n) is 8.60. The van der Waals surface area contributed by atoms with Gasteiger partial charge in [0.15, 0.2) is 9.84 Å². The van der Waals surface area contributed by atoms with Gasteiger partial charge < -0.3 is 14.5 Å². The zero-order valence-corrected chi connectivity index (χ0v) is 18.8. The molecule has 0 radical (unpaired) electrons. The number of rotatable bonds is 4. The van der Waals surface area contributed by atoms with Gasteiger partial charge >= 0.3 is 6.09 Å². The average Bonchev–Trinajstić information content (AvgIpc) is 2.79. The normalized spacial score (nSPS) is 18.7. The number of para-hydroxylation sites is 1. The second-order valence-corrected chi connectivity index (χ2v) is 10.6. The first kappa shape index (κ1) is 21.7. The molecule has 0 aromatic heterocycles. The predicted molar refractivity (Wildman–Crippen MR) is 121 cm³/mol. The third-order valence-corrected chi connectivity index (χ3v) is 7.71. The zero-order chi connectivity index (χ0) is 21.8. The van der Waals surface area contributed by atoms with E-state index < -0.39 is 9.84 Å². The molecule has 0 bridgehead atoms. The van der Waals surface area contributed by atoms with Crippen LogP contribution in [0.15, 0.2) is 59.5 Å². The van der Waals surface area contributed by atoms with Crippen LogP contribution in [0.25, 0.3) is 0 Å². The van der Waals surface area contributed by atoms with Gasteiger partial charge in [0, 0.05) is 38.1 Å². The molecule has 6 nitrogen and oxygen atoms in total. The summed E-state index contributed by atoms with van der Waals surface area (Å²) in [5.74, 6) is 1.92. The van der Waals surface area contributed by atoms with E-state index in [1.54, 1.807) is 24.3 Å². The lowest BCUT2D eigenvalue weighted by Gasteiger charge is -2.40. The van der Waals surface area contributed by atoms with Gasteiger partial charge in [-0.3, -0.25) is 0 Å². The van der Waals surface area contributed by atoms with E-state index >= 15 is 0 Å². The second kappa shape index (κ2) is 9.30. The van der Waals surface area contributed by atoms with E-state index in [1.807, 2.05) is 35.2 Å². The Hall–Kier alpha value is -2.54. The van der Waals surface area contributed by atoms with Crippen molar-refractivity contribution < 1.29 is 17.9 Å². The van der Waals surface area contributed by atoms with Gasteiger partial charge in [-0.1, -0.05) is 18.2 Å². The van der Waals surface area contributed by atoms with Gasteiger partial charge in [-0.05, 0) is 73.9 Å². The summed E-state index contributed by atoms with van der Waals surface area (Å²) < 4.78 is 28.8. The molecule has 0 N–H and O–H groups in total. The number of hydrogen-bond donors (Lipinski definition) is 0. The van der Waals surface area contributed by atoms with Crippen molar-refractivity contribution >= 4 is 21.6 Å². The minimum Gasteiger partial charge on any atom is -0.410 e. The van der Waals surface area contributed by atoms with E-state index in [-0.39, 0.29) is 6.09 Å². The van der Waals surface area contributed by atoms with Crippen molar-refractivity contribution in [2.45, 2.75) is 30.6 Å². The third-order valence-electron chi connectivity index (χ3n) is 6.58. The summed E-state index contributed by atoms with van der Waals surface area (Å²) in [5, 5.41) is 0. The van der Waals surface area contributed by atoms with Crippen LogP contribution in [-0.4, -0.2) is 51.8 Å². The zero-order valence-electron chi connectivity index (χ0n) is 17.9. The van der Waals surface area contributed by atoms with Crippen molar-refractivity contribution in [3.05, 3.63) is 54.6 Å².